The van der Waals surface area contributed by atoms with Crippen LogP contribution < -0.4 is 9.80 Å². The fourth-order valence-electron chi connectivity index (χ4n) is 4.78. The van der Waals surface area contributed by atoms with Crippen molar-refractivity contribution in [2.45, 2.75) is 12.8 Å². The summed E-state index contributed by atoms with van der Waals surface area (Å²) in [4.78, 5) is 4.58. The first-order valence-corrected chi connectivity index (χ1v) is 16.5. The lowest BCUT2D eigenvalue weighted by atomic mass is 9.92. The van der Waals surface area contributed by atoms with Crippen LogP contribution in [0.1, 0.15) is 24.0 Å². The number of benzene rings is 2. The maximum atomic E-state index is 5.81. The van der Waals surface area contributed by atoms with Crippen LogP contribution >= 0.6 is 0 Å². The van der Waals surface area contributed by atoms with Crippen LogP contribution in [0.25, 0.3) is 0 Å². The molecule has 48 heavy (non-hydrogen) atoms. The molecule has 0 aliphatic rings. The minimum Gasteiger partial charge on any atom is -0.499 e. The standard InChI is InChI=1S/C38H56N2O8/c1-6-41-24-28-45-20-16-39(17-21-46-29-25-42-7-2)37-14-10-12-35(32-37)34(5)36-13-11-15-38(33-36)40(18-22-47-30-26-43-8-3)19-23-48-31-27-44-9-4/h6-15,32-34H,1-4,16-31H2,5H3. The van der Waals surface area contributed by atoms with E-state index in [1.807, 2.05) is 0 Å². The average Bonchev–Trinajstić information content (AvgIpc) is 3.12. The summed E-state index contributed by atoms with van der Waals surface area (Å²) in [6.07, 6.45) is 5.71. The molecule has 0 saturated heterocycles. The molecule has 0 fully saturated rings. The van der Waals surface area contributed by atoms with E-state index in [0.717, 1.165) is 11.4 Å². The Hall–Kier alpha value is -3.96. The van der Waals surface area contributed by atoms with Gasteiger partial charge in [-0.1, -0.05) is 57.5 Å². The second kappa shape index (κ2) is 27.0. The lowest BCUT2D eigenvalue weighted by Gasteiger charge is -2.27. The van der Waals surface area contributed by atoms with Crippen molar-refractivity contribution >= 4 is 11.4 Å². The Morgan fingerprint density at radius 2 is 0.792 bits per heavy atom. The van der Waals surface area contributed by atoms with Crippen molar-refractivity contribution < 1.29 is 37.9 Å². The van der Waals surface area contributed by atoms with E-state index in [1.54, 1.807) is 0 Å². The lowest BCUT2D eigenvalue weighted by molar-refractivity contribution is 0.0816. The van der Waals surface area contributed by atoms with E-state index in [-0.39, 0.29) is 5.92 Å². The van der Waals surface area contributed by atoms with Crippen molar-refractivity contribution in [2.75, 3.05) is 115 Å². The summed E-state index contributed by atoms with van der Waals surface area (Å²) >= 11 is 0. The van der Waals surface area contributed by atoms with Crippen molar-refractivity contribution in [3.63, 3.8) is 0 Å². The molecule has 0 aromatic heterocycles. The zero-order valence-electron chi connectivity index (χ0n) is 28.8. The Labute approximate surface area is 288 Å². The van der Waals surface area contributed by atoms with Gasteiger partial charge in [-0.25, -0.2) is 0 Å². The third-order valence-corrected chi connectivity index (χ3v) is 7.35. The molecule has 0 aliphatic carbocycles. The van der Waals surface area contributed by atoms with Gasteiger partial charge < -0.3 is 47.7 Å². The van der Waals surface area contributed by atoms with Gasteiger partial charge in [-0.05, 0) is 35.4 Å². The van der Waals surface area contributed by atoms with Crippen LogP contribution in [0.4, 0.5) is 11.4 Å². The molecule has 0 bridgehead atoms. The molecule has 10 nitrogen and oxygen atoms in total. The number of hydrogen-bond donors (Lipinski definition) is 0. The third kappa shape index (κ3) is 17.3. The van der Waals surface area contributed by atoms with E-state index in [9.17, 15) is 0 Å². The summed E-state index contributed by atoms with van der Waals surface area (Å²) in [6, 6.07) is 17.4. The van der Waals surface area contributed by atoms with Crippen LogP contribution in [0.2, 0.25) is 0 Å². The Morgan fingerprint density at radius 1 is 0.479 bits per heavy atom. The number of nitrogens with zero attached hydrogens (tertiary/aromatic N) is 2. The van der Waals surface area contributed by atoms with Gasteiger partial charge in [0.15, 0.2) is 0 Å². The van der Waals surface area contributed by atoms with E-state index < -0.39 is 0 Å². The average molecular weight is 669 g/mol. The first kappa shape index (κ1) is 40.2. The summed E-state index contributed by atoms with van der Waals surface area (Å²) < 4.78 is 43.9. The van der Waals surface area contributed by atoms with Crippen LogP contribution in [-0.2, 0) is 37.9 Å². The van der Waals surface area contributed by atoms with Gasteiger partial charge in [-0.15, -0.1) is 0 Å². The number of rotatable bonds is 32. The number of hydrogen-bond acceptors (Lipinski definition) is 10. The molecule has 0 spiro atoms. The SMILES string of the molecule is C=COCCOCCN(CCOCCOC=C)c1cccc(C(C)c2cccc(N(CCOCCOC=C)CCOCCOC=C)c2)c1. The van der Waals surface area contributed by atoms with Crippen molar-refractivity contribution in [3.05, 3.63) is 111 Å². The largest absolute Gasteiger partial charge is 0.499 e. The minimum atomic E-state index is 0.160. The fourth-order valence-corrected chi connectivity index (χ4v) is 4.78. The monoisotopic (exact) mass is 668 g/mol. The van der Waals surface area contributed by atoms with E-state index in [1.165, 1.54) is 36.2 Å². The van der Waals surface area contributed by atoms with Crippen LogP contribution in [0.3, 0.4) is 0 Å². The van der Waals surface area contributed by atoms with Crippen LogP contribution in [-0.4, -0.2) is 105 Å². The van der Waals surface area contributed by atoms with E-state index in [4.69, 9.17) is 37.9 Å². The molecule has 266 valence electrons. The summed E-state index contributed by atoms with van der Waals surface area (Å²) in [6.45, 7) is 25.6. The molecule has 0 amide bonds. The van der Waals surface area contributed by atoms with Gasteiger partial charge in [0.2, 0.25) is 0 Å². The van der Waals surface area contributed by atoms with Gasteiger partial charge in [0, 0.05) is 43.5 Å². The Balaban J connectivity index is 2.14. The fraction of sp³-hybridized carbons (Fsp3) is 0.474. The van der Waals surface area contributed by atoms with Gasteiger partial charge >= 0.3 is 0 Å². The minimum absolute atomic E-state index is 0.160. The van der Waals surface area contributed by atoms with Gasteiger partial charge in [0.1, 0.15) is 26.4 Å². The van der Waals surface area contributed by atoms with Gasteiger partial charge in [0.25, 0.3) is 0 Å². The highest BCUT2D eigenvalue weighted by Gasteiger charge is 2.15. The molecule has 0 heterocycles. The lowest BCUT2D eigenvalue weighted by Crippen LogP contribution is -2.32. The summed E-state index contributed by atoms with van der Waals surface area (Å²) in [5.41, 5.74) is 4.67. The summed E-state index contributed by atoms with van der Waals surface area (Å²) in [7, 11) is 0. The second-order valence-electron chi connectivity index (χ2n) is 10.5. The molecule has 0 N–H and O–H groups in total. The Kier molecular flexibility index (Phi) is 22.7. The van der Waals surface area contributed by atoms with Crippen LogP contribution in [0.15, 0.2) is 99.9 Å². The smallest absolute Gasteiger partial charge is 0.111 e. The van der Waals surface area contributed by atoms with E-state index >= 15 is 0 Å². The number of anilines is 2. The van der Waals surface area contributed by atoms with Gasteiger partial charge in [-0.2, -0.15) is 0 Å². The van der Waals surface area contributed by atoms with E-state index in [2.05, 4.69) is 91.6 Å². The zero-order chi connectivity index (χ0) is 34.5. The molecule has 0 saturated carbocycles. The molecule has 2 aromatic carbocycles. The van der Waals surface area contributed by atoms with Gasteiger partial charge in [-0.3, -0.25) is 0 Å². The van der Waals surface area contributed by atoms with Crippen LogP contribution in [0.5, 0.6) is 0 Å². The highest BCUT2D eigenvalue weighted by atomic mass is 16.5. The predicted octanol–water partition coefficient (Wildman–Crippen LogP) is 6.16. The highest BCUT2D eigenvalue weighted by Crippen LogP contribution is 2.30. The molecule has 0 atom stereocenters. The first-order valence-electron chi connectivity index (χ1n) is 16.5. The van der Waals surface area contributed by atoms with Gasteiger partial charge in [0.05, 0.1) is 77.9 Å². The van der Waals surface area contributed by atoms with Crippen molar-refractivity contribution in [1.82, 2.24) is 0 Å². The van der Waals surface area contributed by atoms with Crippen molar-refractivity contribution in [1.29, 1.82) is 0 Å². The zero-order valence-corrected chi connectivity index (χ0v) is 28.8. The second-order valence-corrected chi connectivity index (χ2v) is 10.5. The molecule has 2 aromatic rings. The summed E-state index contributed by atoms with van der Waals surface area (Å²) in [5, 5.41) is 0. The maximum Gasteiger partial charge on any atom is 0.111 e. The van der Waals surface area contributed by atoms with Crippen molar-refractivity contribution in [2.24, 2.45) is 0 Å². The summed E-state index contributed by atoms with van der Waals surface area (Å²) in [5.74, 6) is 0.160. The Morgan fingerprint density at radius 3 is 1.08 bits per heavy atom. The number of ether oxygens (including phenoxy) is 8. The maximum absolute atomic E-state index is 5.81. The molecule has 0 radical (unpaired) electrons. The van der Waals surface area contributed by atoms with Crippen LogP contribution in [0, 0.1) is 0 Å². The Bertz CT molecular complexity index is 1020. The molecular weight excluding hydrogens is 612 g/mol. The third-order valence-electron chi connectivity index (χ3n) is 7.35. The quantitative estimate of drug-likeness (QED) is 0.0669. The van der Waals surface area contributed by atoms with E-state index in [0.29, 0.717) is 105 Å². The molecule has 0 aliphatic heterocycles. The topological polar surface area (TPSA) is 80.3 Å². The molecule has 0 unspecified atom stereocenters. The molecule has 2 rings (SSSR count). The highest BCUT2D eigenvalue weighted by molar-refractivity contribution is 5.53. The molecular formula is C38H56N2O8. The molecule has 10 heteroatoms. The normalized spacial score (nSPS) is 10.7. The van der Waals surface area contributed by atoms with Crippen molar-refractivity contribution in [3.8, 4) is 0 Å². The predicted molar refractivity (Wildman–Crippen MR) is 193 cm³/mol. The first-order chi connectivity index (χ1) is 23.6.